The molecular weight excluding hydrogens is 322 g/mol. The Morgan fingerprint density at radius 1 is 1.32 bits per heavy atom. The van der Waals surface area contributed by atoms with Crippen LogP contribution in [-0.4, -0.2) is 15.9 Å². The Hall–Kier alpha value is -3.66. The molecule has 0 bridgehead atoms. The zero-order chi connectivity index (χ0) is 18.4. The van der Waals surface area contributed by atoms with Gasteiger partial charge in [0.25, 0.3) is 11.6 Å². The first-order valence-electron chi connectivity index (χ1n) is 7.37. The van der Waals surface area contributed by atoms with E-state index in [1.807, 2.05) is 30.3 Å². The lowest BCUT2D eigenvalue weighted by Crippen LogP contribution is -2.27. The number of carbonyl (C=O) groups is 1. The van der Waals surface area contributed by atoms with Crippen molar-refractivity contribution in [2.24, 2.45) is 0 Å². The van der Waals surface area contributed by atoms with Gasteiger partial charge >= 0.3 is 0 Å². The summed E-state index contributed by atoms with van der Waals surface area (Å²) in [6.45, 7) is 1.77. The van der Waals surface area contributed by atoms with Crippen LogP contribution in [0.15, 0.2) is 54.1 Å². The molecule has 2 rings (SSSR count). The van der Waals surface area contributed by atoms with Gasteiger partial charge in [-0.05, 0) is 24.6 Å². The Kier molecular flexibility index (Phi) is 5.48. The van der Waals surface area contributed by atoms with Crippen LogP contribution in [0.1, 0.15) is 24.1 Å². The standard InChI is InChI=1S/C18H15N3O4/c1-12(13-5-3-2-4-6-13)20-18(23)15(11-19)9-14-10-16(21(24)25)7-8-17(14)22/h2-10,12,22H,1H3,(H,20,23)/b15-9-/t12-/m0/s1. The Labute approximate surface area is 144 Å². The van der Waals surface area contributed by atoms with Gasteiger partial charge in [-0.25, -0.2) is 0 Å². The molecule has 0 aliphatic carbocycles. The Balaban J connectivity index is 2.26. The van der Waals surface area contributed by atoms with E-state index in [1.165, 1.54) is 0 Å². The first-order chi connectivity index (χ1) is 11.9. The third-order valence-electron chi connectivity index (χ3n) is 3.53. The summed E-state index contributed by atoms with van der Waals surface area (Å²) in [5.41, 5.74) is 0.373. The van der Waals surface area contributed by atoms with E-state index in [-0.39, 0.29) is 28.6 Å². The number of benzene rings is 2. The number of nitro benzene ring substituents is 1. The predicted octanol–water partition coefficient (Wildman–Crippen LogP) is 3.08. The van der Waals surface area contributed by atoms with E-state index in [1.54, 1.807) is 13.0 Å². The van der Waals surface area contributed by atoms with E-state index in [0.717, 1.165) is 29.8 Å². The van der Waals surface area contributed by atoms with Crippen LogP contribution in [0.3, 0.4) is 0 Å². The second kappa shape index (κ2) is 7.75. The molecule has 2 aromatic rings. The number of phenols is 1. The van der Waals surface area contributed by atoms with E-state index in [9.17, 15) is 25.3 Å². The van der Waals surface area contributed by atoms with Gasteiger partial charge in [0.2, 0.25) is 0 Å². The first kappa shape index (κ1) is 17.7. The minimum absolute atomic E-state index is 0.0215. The minimum Gasteiger partial charge on any atom is -0.507 e. The molecule has 0 fully saturated rings. The number of hydrogen-bond acceptors (Lipinski definition) is 5. The van der Waals surface area contributed by atoms with Gasteiger partial charge < -0.3 is 10.4 Å². The van der Waals surface area contributed by atoms with Crippen LogP contribution in [-0.2, 0) is 4.79 Å². The Morgan fingerprint density at radius 3 is 2.60 bits per heavy atom. The van der Waals surface area contributed by atoms with E-state index in [4.69, 9.17) is 0 Å². The smallest absolute Gasteiger partial charge is 0.270 e. The summed E-state index contributed by atoms with van der Waals surface area (Å²) >= 11 is 0. The molecule has 2 N–H and O–H groups in total. The van der Waals surface area contributed by atoms with Crippen LogP contribution < -0.4 is 5.32 Å². The number of phenolic OH excluding ortho intramolecular Hbond substituents is 1. The van der Waals surface area contributed by atoms with Crippen molar-refractivity contribution in [2.75, 3.05) is 0 Å². The number of nitro groups is 1. The fraction of sp³-hybridized carbons (Fsp3) is 0.111. The lowest BCUT2D eigenvalue weighted by atomic mass is 10.1. The summed E-state index contributed by atoms with van der Waals surface area (Å²) in [6, 6.07) is 14.0. The summed E-state index contributed by atoms with van der Waals surface area (Å²) in [4.78, 5) is 22.5. The molecule has 7 nitrogen and oxygen atoms in total. The molecule has 0 heterocycles. The van der Waals surface area contributed by atoms with Crippen molar-refractivity contribution in [3.05, 3.63) is 75.3 Å². The molecule has 0 aliphatic heterocycles. The van der Waals surface area contributed by atoms with Crippen molar-refractivity contribution in [1.29, 1.82) is 5.26 Å². The fourth-order valence-corrected chi connectivity index (χ4v) is 2.17. The molecule has 0 aromatic heterocycles. The second-order valence-electron chi connectivity index (χ2n) is 5.28. The molecule has 1 amide bonds. The van der Waals surface area contributed by atoms with Crippen molar-refractivity contribution in [3.63, 3.8) is 0 Å². The van der Waals surface area contributed by atoms with Gasteiger partial charge in [0.1, 0.15) is 17.4 Å². The van der Waals surface area contributed by atoms with Gasteiger partial charge in [-0.2, -0.15) is 5.26 Å². The summed E-state index contributed by atoms with van der Waals surface area (Å²) in [6.07, 6.45) is 1.12. The van der Waals surface area contributed by atoms with Crippen molar-refractivity contribution >= 4 is 17.7 Å². The number of rotatable bonds is 5. The average molecular weight is 337 g/mol. The summed E-state index contributed by atoms with van der Waals surface area (Å²) in [7, 11) is 0. The summed E-state index contributed by atoms with van der Waals surface area (Å²) in [5, 5.41) is 32.5. The third-order valence-corrected chi connectivity index (χ3v) is 3.53. The van der Waals surface area contributed by atoms with E-state index in [0.29, 0.717) is 0 Å². The summed E-state index contributed by atoms with van der Waals surface area (Å²) in [5.74, 6) is -0.896. The number of non-ortho nitro benzene ring substituents is 1. The number of nitrogens with one attached hydrogen (secondary N) is 1. The molecule has 0 unspecified atom stereocenters. The second-order valence-corrected chi connectivity index (χ2v) is 5.28. The molecule has 0 radical (unpaired) electrons. The Bertz CT molecular complexity index is 870. The highest BCUT2D eigenvalue weighted by Gasteiger charge is 2.16. The van der Waals surface area contributed by atoms with Crippen LogP contribution in [0.5, 0.6) is 5.75 Å². The number of nitrogens with zero attached hydrogens (tertiary/aromatic N) is 2. The van der Waals surface area contributed by atoms with E-state index in [2.05, 4.69) is 5.32 Å². The normalized spacial score (nSPS) is 12.1. The summed E-state index contributed by atoms with van der Waals surface area (Å²) < 4.78 is 0. The molecule has 0 saturated heterocycles. The Morgan fingerprint density at radius 2 is 2.00 bits per heavy atom. The lowest BCUT2D eigenvalue weighted by molar-refractivity contribution is -0.384. The molecule has 126 valence electrons. The maximum Gasteiger partial charge on any atom is 0.270 e. The van der Waals surface area contributed by atoms with Gasteiger partial charge in [0.05, 0.1) is 11.0 Å². The quantitative estimate of drug-likeness (QED) is 0.376. The molecule has 2 aromatic carbocycles. The maximum absolute atomic E-state index is 12.3. The number of aromatic hydroxyl groups is 1. The van der Waals surface area contributed by atoms with Gasteiger partial charge in [-0.15, -0.1) is 0 Å². The van der Waals surface area contributed by atoms with Crippen molar-refractivity contribution in [2.45, 2.75) is 13.0 Å². The number of amides is 1. The number of hydrogen-bond donors (Lipinski definition) is 2. The highest BCUT2D eigenvalue weighted by molar-refractivity contribution is 6.02. The maximum atomic E-state index is 12.3. The first-order valence-corrected chi connectivity index (χ1v) is 7.37. The van der Waals surface area contributed by atoms with Gasteiger partial charge in [-0.1, -0.05) is 30.3 Å². The zero-order valence-electron chi connectivity index (χ0n) is 13.3. The molecule has 7 heteroatoms. The van der Waals surface area contributed by atoms with E-state index < -0.39 is 10.8 Å². The van der Waals surface area contributed by atoms with Crippen molar-refractivity contribution in [3.8, 4) is 11.8 Å². The zero-order valence-corrected chi connectivity index (χ0v) is 13.3. The third kappa shape index (κ3) is 4.42. The molecular formula is C18H15N3O4. The van der Waals surface area contributed by atoms with Gasteiger partial charge in [0, 0.05) is 17.7 Å². The minimum atomic E-state index is -0.634. The molecule has 0 spiro atoms. The molecule has 0 saturated carbocycles. The van der Waals surface area contributed by atoms with Crippen LogP contribution in [0.4, 0.5) is 5.69 Å². The topological polar surface area (TPSA) is 116 Å². The van der Waals surface area contributed by atoms with E-state index >= 15 is 0 Å². The van der Waals surface area contributed by atoms with Crippen molar-refractivity contribution < 1.29 is 14.8 Å². The molecule has 1 atom stereocenters. The van der Waals surface area contributed by atoms with Gasteiger partial charge in [0.15, 0.2) is 0 Å². The largest absolute Gasteiger partial charge is 0.507 e. The van der Waals surface area contributed by atoms with Crippen LogP contribution in [0.2, 0.25) is 0 Å². The van der Waals surface area contributed by atoms with Crippen LogP contribution >= 0.6 is 0 Å². The monoisotopic (exact) mass is 337 g/mol. The van der Waals surface area contributed by atoms with Gasteiger partial charge in [-0.3, -0.25) is 14.9 Å². The highest BCUT2D eigenvalue weighted by Crippen LogP contribution is 2.25. The van der Waals surface area contributed by atoms with Crippen LogP contribution in [0.25, 0.3) is 6.08 Å². The average Bonchev–Trinajstić information content (AvgIpc) is 2.61. The fourth-order valence-electron chi connectivity index (χ4n) is 2.17. The van der Waals surface area contributed by atoms with Crippen LogP contribution in [0, 0.1) is 21.4 Å². The SMILES string of the molecule is C[C@H](NC(=O)/C(C#N)=C\c1cc([N+](=O)[O-])ccc1O)c1ccccc1. The highest BCUT2D eigenvalue weighted by atomic mass is 16.6. The number of carbonyl (C=O) groups excluding carboxylic acids is 1. The predicted molar refractivity (Wildman–Crippen MR) is 91.4 cm³/mol. The number of nitriles is 1. The van der Waals surface area contributed by atoms with Crippen molar-refractivity contribution in [1.82, 2.24) is 5.32 Å². The lowest BCUT2D eigenvalue weighted by Gasteiger charge is -2.13. The molecule has 25 heavy (non-hydrogen) atoms. The molecule has 0 aliphatic rings.